The molecule has 0 unspecified atom stereocenters. The standard InChI is InChI=1S/C18H19NOS.C2H2O4/c1-19-12-11-17(18-10-5-13-21-18)20-16-9-4-7-14-6-2-3-8-15(14)16;3-1(4)2(5)6/h2-10,13,17,19H,11-12H2,1H3;(H,3,4)(H,5,6)/t17-;/m0./s1. The lowest BCUT2D eigenvalue weighted by molar-refractivity contribution is -0.159. The predicted molar refractivity (Wildman–Crippen MR) is 105 cm³/mol. The molecule has 1 heterocycles. The van der Waals surface area contributed by atoms with E-state index < -0.39 is 11.9 Å². The Kier molecular flexibility index (Phi) is 7.79. The molecule has 0 amide bonds. The van der Waals surface area contributed by atoms with Gasteiger partial charge in [-0.1, -0.05) is 42.5 Å². The molecule has 0 aliphatic heterocycles. The third-order valence-electron chi connectivity index (χ3n) is 3.72. The Bertz CT molecular complexity index is 862. The number of aliphatic carboxylic acids is 2. The van der Waals surface area contributed by atoms with Crippen molar-refractivity contribution in [2.45, 2.75) is 12.5 Å². The number of ether oxygens (including phenoxy) is 1. The topological polar surface area (TPSA) is 95.9 Å². The highest BCUT2D eigenvalue weighted by molar-refractivity contribution is 7.10. The van der Waals surface area contributed by atoms with E-state index in [9.17, 15) is 0 Å². The maximum absolute atomic E-state index is 9.10. The van der Waals surface area contributed by atoms with Gasteiger partial charge in [-0.3, -0.25) is 0 Å². The van der Waals surface area contributed by atoms with Gasteiger partial charge in [0.1, 0.15) is 11.9 Å². The molecular formula is C20H21NO5S. The van der Waals surface area contributed by atoms with Gasteiger partial charge in [0, 0.05) is 16.7 Å². The van der Waals surface area contributed by atoms with Gasteiger partial charge in [0.05, 0.1) is 0 Å². The van der Waals surface area contributed by atoms with Crippen molar-refractivity contribution in [1.29, 1.82) is 0 Å². The summed E-state index contributed by atoms with van der Waals surface area (Å²) in [6.07, 6.45) is 1.06. The monoisotopic (exact) mass is 387 g/mol. The van der Waals surface area contributed by atoms with E-state index in [1.165, 1.54) is 15.6 Å². The molecule has 0 bridgehead atoms. The summed E-state index contributed by atoms with van der Waals surface area (Å²) in [7, 11) is 1.98. The van der Waals surface area contributed by atoms with Crippen LogP contribution in [0.1, 0.15) is 17.4 Å². The van der Waals surface area contributed by atoms with Crippen LogP contribution in [0.15, 0.2) is 60.0 Å². The zero-order valence-electron chi connectivity index (χ0n) is 14.8. The minimum absolute atomic E-state index is 0.100. The van der Waals surface area contributed by atoms with E-state index in [0.29, 0.717) is 0 Å². The Morgan fingerprint density at radius 3 is 2.37 bits per heavy atom. The van der Waals surface area contributed by atoms with E-state index in [1.54, 1.807) is 11.3 Å². The van der Waals surface area contributed by atoms with Crippen LogP contribution in [0.3, 0.4) is 0 Å². The fourth-order valence-electron chi connectivity index (χ4n) is 2.46. The Balaban J connectivity index is 0.000000380. The van der Waals surface area contributed by atoms with Gasteiger partial charge in [-0.05, 0) is 36.5 Å². The van der Waals surface area contributed by atoms with Gasteiger partial charge in [0.15, 0.2) is 0 Å². The number of nitrogens with one attached hydrogen (secondary N) is 1. The van der Waals surface area contributed by atoms with Crippen molar-refractivity contribution in [2.24, 2.45) is 0 Å². The second-order valence-corrected chi connectivity index (χ2v) is 6.58. The molecule has 0 saturated heterocycles. The quantitative estimate of drug-likeness (QED) is 0.557. The third-order valence-corrected chi connectivity index (χ3v) is 4.68. The second-order valence-electron chi connectivity index (χ2n) is 5.60. The molecule has 1 aromatic heterocycles. The molecule has 0 aliphatic carbocycles. The summed E-state index contributed by atoms with van der Waals surface area (Å²) in [5.74, 6) is -2.69. The highest BCUT2D eigenvalue weighted by atomic mass is 32.1. The van der Waals surface area contributed by atoms with Gasteiger partial charge in [-0.25, -0.2) is 9.59 Å². The summed E-state index contributed by atoms with van der Waals surface area (Å²) in [5, 5.41) is 22.5. The van der Waals surface area contributed by atoms with Crippen molar-refractivity contribution < 1.29 is 24.5 Å². The lowest BCUT2D eigenvalue weighted by Crippen LogP contribution is -2.15. The maximum atomic E-state index is 9.10. The van der Waals surface area contributed by atoms with E-state index in [0.717, 1.165) is 18.7 Å². The maximum Gasteiger partial charge on any atom is 0.414 e. The van der Waals surface area contributed by atoms with E-state index in [-0.39, 0.29) is 6.10 Å². The van der Waals surface area contributed by atoms with Crippen LogP contribution in [0.2, 0.25) is 0 Å². The number of carboxylic acids is 2. The van der Waals surface area contributed by atoms with Crippen molar-refractivity contribution in [3.05, 3.63) is 64.9 Å². The Hall–Kier alpha value is -2.90. The number of rotatable bonds is 6. The Morgan fingerprint density at radius 2 is 1.74 bits per heavy atom. The molecule has 7 heteroatoms. The number of benzene rings is 2. The zero-order chi connectivity index (χ0) is 19.6. The second kappa shape index (κ2) is 10.3. The molecule has 3 N–H and O–H groups in total. The number of carbonyl (C=O) groups is 2. The lowest BCUT2D eigenvalue weighted by atomic mass is 10.1. The minimum atomic E-state index is -1.82. The van der Waals surface area contributed by atoms with E-state index in [4.69, 9.17) is 24.5 Å². The average molecular weight is 387 g/mol. The van der Waals surface area contributed by atoms with Crippen LogP contribution in [0, 0.1) is 0 Å². The van der Waals surface area contributed by atoms with Crippen LogP contribution < -0.4 is 10.1 Å². The number of hydrogen-bond acceptors (Lipinski definition) is 5. The predicted octanol–water partition coefficient (Wildman–Crippen LogP) is 3.79. The van der Waals surface area contributed by atoms with Crippen LogP contribution in [-0.4, -0.2) is 35.7 Å². The largest absolute Gasteiger partial charge is 0.484 e. The van der Waals surface area contributed by atoms with Gasteiger partial charge in [-0.2, -0.15) is 0 Å². The zero-order valence-corrected chi connectivity index (χ0v) is 15.6. The summed E-state index contributed by atoms with van der Waals surface area (Å²) in [4.78, 5) is 19.5. The molecule has 0 radical (unpaired) electrons. The number of carboxylic acid groups (broad SMARTS) is 2. The van der Waals surface area contributed by atoms with Crippen molar-refractivity contribution in [3.8, 4) is 5.75 Å². The summed E-state index contributed by atoms with van der Waals surface area (Å²) in [6.45, 7) is 0.938. The Morgan fingerprint density at radius 1 is 1.04 bits per heavy atom. The first kappa shape index (κ1) is 20.4. The average Bonchev–Trinajstić information content (AvgIpc) is 3.20. The van der Waals surface area contributed by atoms with E-state index in [1.807, 2.05) is 7.05 Å². The van der Waals surface area contributed by atoms with Gasteiger partial charge >= 0.3 is 11.9 Å². The fourth-order valence-corrected chi connectivity index (χ4v) is 3.25. The van der Waals surface area contributed by atoms with Crippen molar-refractivity contribution in [1.82, 2.24) is 5.32 Å². The normalized spacial score (nSPS) is 11.3. The van der Waals surface area contributed by atoms with Gasteiger partial charge < -0.3 is 20.3 Å². The third kappa shape index (κ3) is 6.09. The van der Waals surface area contributed by atoms with Crippen LogP contribution in [0.4, 0.5) is 0 Å². The molecule has 27 heavy (non-hydrogen) atoms. The van der Waals surface area contributed by atoms with Crippen LogP contribution in [0.5, 0.6) is 5.75 Å². The van der Waals surface area contributed by atoms with Gasteiger partial charge in [-0.15, -0.1) is 11.3 Å². The van der Waals surface area contributed by atoms with Crippen LogP contribution in [0.25, 0.3) is 10.8 Å². The molecule has 0 spiro atoms. The van der Waals surface area contributed by atoms with Crippen molar-refractivity contribution in [3.63, 3.8) is 0 Å². The molecule has 142 valence electrons. The van der Waals surface area contributed by atoms with E-state index in [2.05, 4.69) is 65.3 Å². The highest BCUT2D eigenvalue weighted by Crippen LogP contribution is 2.32. The molecule has 1 atom stereocenters. The van der Waals surface area contributed by atoms with Gasteiger partial charge in [0.2, 0.25) is 0 Å². The van der Waals surface area contributed by atoms with Crippen LogP contribution >= 0.6 is 11.3 Å². The minimum Gasteiger partial charge on any atom is -0.484 e. The van der Waals surface area contributed by atoms with Gasteiger partial charge in [0.25, 0.3) is 0 Å². The SMILES string of the molecule is CNCC[C@H](Oc1cccc2ccccc12)c1cccs1.O=C(O)C(=O)O. The smallest absolute Gasteiger partial charge is 0.414 e. The number of hydrogen-bond donors (Lipinski definition) is 3. The Labute approximate surface area is 161 Å². The first-order valence-electron chi connectivity index (χ1n) is 8.31. The summed E-state index contributed by atoms with van der Waals surface area (Å²) in [6, 6.07) is 18.8. The molecule has 3 rings (SSSR count). The number of fused-ring (bicyclic) bond motifs is 1. The van der Waals surface area contributed by atoms with Crippen molar-refractivity contribution >= 4 is 34.0 Å². The summed E-state index contributed by atoms with van der Waals surface area (Å²) >= 11 is 1.75. The molecule has 0 aliphatic rings. The number of thiophene rings is 1. The molecule has 0 saturated carbocycles. The molecule has 2 aromatic carbocycles. The van der Waals surface area contributed by atoms with E-state index >= 15 is 0 Å². The first-order valence-corrected chi connectivity index (χ1v) is 9.19. The molecule has 3 aromatic rings. The molecular weight excluding hydrogens is 366 g/mol. The molecule has 0 fully saturated rings. The summed E-state index contributed by atoms with van der Waals surface area (Å²) in [5.41, 5.74) is 0. The molecule has 6 nitrogen and oxygen atoms in total. The van der Waals surface area contributed by atoms with Crippen molar-refractivity contribution in [2.75, 3.05) is 13.6 Å². The fraction of sp³-hybridized carbons (Fsp3) is 0.200. The first-order chi connectivity index (χ1) is 13.0. The highest BCUT2D eigenvalue weighted by Gasteiger charge is 2.15. The van der Waals surface area contributed by atoms with Crippen LogP contribution in [-0.2, 0) is 9.59 Å². The lowest BCUT2D eigenvalue weighted by Gasteiger charge is -2.19. The summed E-state index contributed by atoms with van der Waals surface area (Å²) < 4.78 is 6.34.